The first-order valence-electron chi connectivity index (χ1n) is 9.16. The fourth-order valence-corrected chi connectivity index (χ4v) is 3.82. The Labute approximate surface area is 149 Å². The smallest absolute Gasteiger partial charge is 0.137 e. The highest BCUT2D eigenvalue weighted by atomic mass is 15.1. The van der Waals surface area contributed by atoms with Crippen LogP contribution < -0.4 is 5.32 Å². The van der Waals surface area contributed by atoms with E-state index in [2.05, 4.69) is 78.3 Å². The summed E-state index contributed by atoms with van der Waals surface area (Å²) in [5, 5.41) is 3.44. The first-order valence-corrected chi connectivity index (χ1v) is 9.16. The van der Waals surface area contributed by atoms with Crippen LogP contribution in [0.1, 0.15) is 35.7 Å². The summed E-state index contributed by atoms with van der Waals surface area (Å²) in [6.45, 7) is 6.50. The zero-order valence-electron chi connectivity index (χ0n) is 15.0. The molecular formula is C22H25N3. The van der Waals surface area contributed by atoms with Gasteiger partial charge in [-0.05, 0) is 75.5 Å². The van der Waals surface area contributed by atoms with Gasteiger partial charge in [0, 0.05) is 17.0 Å². The third-order valence-electron chi connectivity index (χ3n) is 5.25. The minimum absolute atomic E-state index is 0.694. The maximum atomic E-state index is 4.90. The fraction of sp³-hybridized carbons (Fsp3) is 0.318. The molecule has 3 heteroatoms. The van der Waals surface area contributed by atoms with Crippen LogP contribution in [0.5, 0.6) is 0 Å². The molecule has 1 aliphatic rings. The lowest BCUT2D eigenvalue weighted by Crippen LogP contribution is -2.26. The van der Waals surface area contributed by atoms with Crippen LogP contribution in [0.15, 0.2) is 54.6 Å². The van der Waals surface area contributed by atoms with Crippen molar-refractivity contribution < 1.29 is 0 Å². The molecule has 3 aromatic rings. The third kappa shape index (κ3) is 3.24. The van der Waals surface area contributed by atoms with Gasteiger partial charge in [0.2, 0.25) is 0 Å². The van der Waals surface area contributed by atoms with Gasteiger partial charge in [0.1, 0.15) is 5.82 Å². The van der Waals surface area contributed by atoms with Crippen LogP contribution in [-0.4, -0.2) is 22.6 Å². The lowest BCUT2D eigenvalue weighted by Gasteiger charge is -2.23. The van der Waals surface area contributed by atoms with Gasteiger partial charge in [-0.15, -0.1) is 0 Å². The highest BCUT2D eigenvalue weighted by Crippen LogP contribution is 2.28. The first-order chi connectivity index (χ1) is 12.2. The quantitative estimate of drug-likeness (QED) is 0.759. The molecular weight excluding hydrogens is 306 g/mol. The van der Waals surface area contributed by atoms with E-state index in [-0.39, 0.29) is 0 Å². The molecule has 0 radical (unpaired) electrons. The predicted octanol–water partition coefficient (Wildman–Crippen LogP) is 4.62. The van der Waals surface area contributed by atoms with Crippen molar-refractivity contribution >= 4 is 0 Å². The Balaban J connectivity index is 1.63. The summed E-state index contributed by atoms with van der Waals surface area (Å²) in [6.07, 6.45) is 2.47. The molecule has 3 nitrogen and oxygen atoms in total. The van der Waals surface area contributed by atoms with Crippen molar-refractivity contribution in [3.05, 3.63) is 71.5 Å². The van der Waals surface area contributed by atoms with Crippen LogP contribution in [0.4, 0.5) is 0 Å². The zero-order valence-corrected chi connectivity index (χ0v) is 15.0. The van der Waals surface area contributed by atoms with E-state index in [1.54, 1.807) is 0 Å². The zero-order chi connectivity index (χ0) is 17.2. The molecule has 1 fully saturated rings. The minimum atomic E-state index is 0.694. The van der Waals surface area contributed by atoms with Gasteiger partial charge in [0.15, 0.2) is 0 Å². The molecule has 0 amide bonds. The molecule has 0 bridgehead atoms. The lowest BCUT2D eigenvalue weighted by atomic mass is 9.89. The van der Waals surface area contributed by atoms with Gasteiger partial charge in [-0.2, -0.15) is 0 Å². The second kappa shape index (κ2) is 6.85. The van der Waals surface area contributed by atoms with Crippen molar-refractivity contribution in [3.8, 4) is 17.1 Å². The Morgan fingerprint density at radius 1 is 0.880 bits per heavy atom. The van der Waals surface area contributed by atoms with Crippen molar-refractivity contribution in [1.29, 1.82) is 0 Å². The van der Waals surface area contributed by atoms with Crippen LogP contribution in [0.3, 0.4) is 0 Å². The number of nitrogens with one attached hydrogen (secondary N) is 1. The Morgan fingerprint density at radius 3 is 2.24 bits per heavy atom. The van der Waals surface area contributed by atoms with Crippen LogP contribution in [0, 0.1) is 13.8 Å². The fourth-order valence-electron chi connectivity index (χ4n) is 3.82. The molecule has 0 saturated carbocycles. The van der Waals surface area contributed by atoms with E-state index in [1.165, 1.54) is 35.4 Å². The van der Waals surface area contributed by atoms with Crippen LogP contribution in [0.2, 0.25) is 0 Å². The Morgan fingerprint density at radius 2 is 1.56 bits per heavy atom. The van der Waals surface area contributed by atoms with Gasteiger partial charge in [0.05, 0.1) is 5.69 Å². The summed E-state index contributed by atoms with van der Waals surface area (Å²) in [5.41, 5.74) is 6.09. The summed E-state index contributed by atoms with van der Waals surface area (Å²) in [4.78, 5) is 4.90. The van der Waals surface area contributed by atoms with Crippen molar-refractivity contribution in [2.24, 2.45) is 0 Å². The third-order valence-corrected chi connectivity index (χ3v) is 5.25. The van der Waals surface area contributed by atoms with Crippen LogP contribution in [-0.2, 0) is 0 Å². The normalized spacial score (nSPS) is 15.4. The topological polar surface area (TPSA) is 29.9 Å². The molecule has 25 heavy (non-hydrogen) atoms. The van der Waals surface area contributed by atoms with Gasteiger partial charge >= 0.3 is 0 Å². The van der Waals surface area contributed by atoms with Gasteiger partial charge in [0.25, 0.3) is 0 Å². The minimum Gasteiger partial charge on any atom is -0.317 e. The first kappa shape index (κ1) is 16.1. The highest BCUT2D eigenvalue weighted by Gasteiger charge is 2.15. The summed E-state index contributed by atoms with van der Waals surface area (Å²) < 4.78 is 2.20. The summed E-state index contributed by atoms with van der Waals surface area (Å²) in [6, 6.07) is 19.5. The SMILES string of the molecule is Cc1ccc(C)n1-c1cccc(-c2ccc(C3CCNCC3)cc2)n1. The van der Waals surface area contributed by atoms with Crippen LogP contribution in [0.25, 0.3) is 17.1 Å². The molecule has 0 aliphatic carbocycles. The molecule has 1 saturated heterocycles. The molecule has 4 rings (SSSR count). The molecule has 3 heterocycles. The maximum Gasteiger partial charge on any atom is 0.137 e. The number of rotatable bonds is 3. The van der Waals surface area contributed by atoms with Gasteiger partial charge in [-0.1, -0.05) is 30.3 Å². The molecule has 1 aliphatic heterocycles. The highest BCUT2D eigenvalue weighted by molar-refractivity contribution is 5.60. The molecule has 1 aromatic carbocycles. The second-order valence-corrected chi connectivity index (χ2v) is 6.98. The van der Waals surface area contributed by atoms with E-state index in [0.717, 1.165) is 24.6 Å². The maximum absolute atomic E-state index is 4.90. The second-order valence-electron chi connectivity index (χ2n) is 6.98. The van der Waals surface area contributed by atoms with Gasteiger partial charge in [-0.3, -0.25) is 0 Å². The van der Waals surface area contributed by atoms with Gasteiger partial charge < -0.3 is 9.88 Å². The van der Waals surface area contributed by atoms with Crippen molar-refractivity contribution in [1.82, 2.24) is 14.9 Å². The number of hydrogen-bond acceptors (Lipinski definition) is 2. The van der Waals surface area contributed by atoms with Crippen molar-refractivity contribution in [2.75, 3.05) is 13.1 Å². The molecule has 0 atom stereocenters. The van der Waals surface area contributed by atoms with E-state index in [9.17, 15) is 0 Å². The van der Waals surface area contributed by atoms with E-state index < -0.39 is 0 Å². The Kier molecular flexibility index (Phi) is 4.41. The number of pyridine rings is 1. The average molecular weight is 331 g/mol. The van der Waals surface area contributed by atoms with E-state index >= 15 is 0 Å². The van der Waals surface area contributed by atoms with E-state index in [1.807, 2.05) is 0 Å². The Bertz CT molecular complexity index is 836. The summed E-state index contributed by atoms with van der Waals surface area (Å²) in [7, 11) is 0. The molecule has 0 unspecified atom stereocenters. The molecule has 2 aromatic heterocycles. The number of hydrogen-bond donors (Lipinski definition) is 1. The standard InChI is InChI=1S/C22H25N3/c1-16-6-7-17(2)25(16)22-5-3-4-21(24-22)20-10-8-18(9-11-20)19-12-14-23-15-13-19/h3-11,19,23H,12-15H2,1-2H3. The van der Waals surface area contributed by atoms with E-state index in [0.29, 0.717) is 5.92 Å². The van der Waals surface area contributed by atoms with Gasteiger partial charge in [-0.25, -0.2) is 4.98 Å². The summed E-state index contributed by atoms with van der Waals surface area (Å²) in [5.74, 6) is 1.68. The molecule has 0 spiro atoms. The Hall–Kier alpha value is -2.39. The number of aryl methyl sites for hydroxylation is 2. The number of piperidine rings is 1. The number of nitrogens with zero attached hydrogens (tertiary/aromatic N) is 2. The lowest BCUT2D eigenvalue weighted by molar-refractivity contribution is 0.460. The van der Waals surface area contributed by atoms with E-state index in [4.69, 9.17) is 4.98 Å². The number of benzene rings is 1. The predicted molar refractivity (Wildman–Crippen MR) is 103 cm³/mol. The molecule has 1 N–H and O–H groups in total. The van der Waals surface area contributed by atoms with Crippen LogP contribution >= 0.6 is 0 Å². The average Bonchev–Trinajstić information content (AvgIpc) is 3.01. The summed E-state index contributed by atoms with van der Waals surface area (Å²) >= 11 is 0. The largest absolute Gasteiger partial charge is 0.317 e. The van der Waals surface area contributed by atoms with Crippen molar-refractivity contribution in [3.63, 3.8) is 0 Å². The number of aromatic nitrogens is 2. The monoisotopic (exact) mass is 331 g/mol. The molecule has 128 valence electrons. The van der Waals surface area contributed by atoms with Crippen molar-refractivity contribution in [2.45, 2.75) is 32.6 Å².